The van der Waals surface area contributed by atoms with E-state index < -0.39 is 5.91 Å². The van der Waals surface area contributed by atoms with Crippen LogP contribution in [0.15, 0.2) is 69.1 Å². The third-order valence-corrected chi connectivity index (χ3v) is 4.68. The molecule has 0 spiro atoms. The number of carbonyl (C=O) groups is 1. The lowest BCUT2D eigenvalue weighted by Gasteiger charge is -2.04. The molecule has 0 aliphatic carbocycles. The predicted molar refractivity (Wildman–Crippen MR) is 110 cm³/mol. The van der Waals surface area contributed by atoms with Gasteiger partial charge < -0.3 is 9.73 Å². The number of carbonyl (C=O) groups excluding carboxylic acids is 1. The maximum absolute atomic E-state index is 12.3. The molecular weight excluding hydrogens is 428 g/mol. The van der Waals surface area contributed by atoms with Crippen molar-refractivity contribution in [2.45, 2.75) is 6.92 Å². The number of nitrogens with zero attached hydrogens (tertiary/aromatic N) is 1. The number of rotatable bonds is 4. The van der Waals surface area contributed by atoms with Gasteiger partial charge in [0.05, 0.1) is 0 Å². The molecule has 1 N–H and O–H groups in total. The molecule has 0 saturated carbocycles. The van der Waals surface area contributed by atoms with Crippen LogP contribution in [-0.4, -0.2) is 5.91 Å². The van der Waals surface area contributed by atoms with Crippen LogP contribution < -0.4 is 5.32 Å². The average molecular weight is 442 g/mol. The molecular formula is C21H14BrClN2O2. The van der Waals surface area contributed by atoms with Crippen molar-refractivity contribution in [2.24, 2.45) is 0 Å². The number of anilines is 1. The van der Waals surface area contributed by atoms with Gasteiger partial charge in [0, 0.05) is 26.8 Å². The van der Waals surface area contributed by atoms with Crippen molar-refractivity contribution >= 4 is 45.2 Å². The standard InChI is InChI=1S/C21H14BrClN2O2/c1-13-2-8-18(19(22)10-13)20-9-7-17(27-20)11-14(12-24)21(26)25-16-5-3-15(23)4-6-16/h2-11H,1H3,(H,25,26)/b14-11-. The molecule has 3 rings (SSSR count). The number of nitrogens with one attached hydrogen (secondary N) is 1. The van der Waals surface area contributed by atoms with E-state index >= 15 is 0 Å². The first kappa shape index (κ1) is 19.0. The zero-order valence-corrected chi connectivity index (χ0v) is 16.6. The van der Waals surface area contributed by atoms with Crippen molar-refractivity contribution in [3.63, 3.8) is 0 Å². The Morgan fingerprint density at radius 3 is 2.59 bits per heavy atom. The number of benzene rings is 2. The van der Waals surface area contributed by atoms with Gasteiger partial charge in [-0.25, -0.2) is 0 Å². The van der Waals surface area contributed by atoms with Crippen LogP contribution in [-0.2, 0) is 4.79 Å². The van der Waals surface area contributed by atoms with Crippen LogP contribution in [0.1, 0.15) is 11.3 Å². The topological polar surface area (TPSA) is 66.0 Å². The van der Waals surface area contributed by atoms with Crippen molar-refractivity contribution in [1.29, 1.82) is 5.26 Å². The summed E-state index contributed by atoms with van der Waals surface area (Å²) >= 11 is 9.35. The maximum Gasteiger partial charge on any atom is 0.266 e. The molecule has 134 valence electrons. The summed E-state index contributed by atoms with van der Waals surface area (Å²) in [6.07, 6.45) is 1.41. The number of hydrogen-bond donors (Lipinski definition) is 1. The fourth-order valence-electron chi connectivity index (χ4n) is 2.42. The fourth-order valence-corrected chi connectivity index (χ4v) is 3.23. The molecule has 3 aromatic rings. The smallest absolute Gasteiger partial charge is 0.266 e. The van der Waals surface area contributed by atoms with Gasteiger partial charge in [0.25, 0.3) is 5.91 Å². The number of aryl methyl sites for hydroxylation is 1. The van der Waals surface area contributed by atoms with Gasteiger partial charge in [-0.3, -0.25) is 4.79 Å². The van der Waals surface area contributed by atoms with Gasteiger partial charge in [0.2, 0.25) is 0 Å². The predicted octanol–water partition coefficient (Wildman–Crippen LogP) is 6.22. The Bertz CT molecular complexity index is 1060. The van der Waals surface area contributed by atoms with Crippen LogP contribution in [0.25, 0.3) is 17.4 Å². The van der Waals surface area contributed by atoms with E-state index in [1.807, 2.05) is 31.2 Å². The Morgan fingerprint density at radius 1 is 1.19 bits per heavy atom. The van der Waals surface area contributed by atoms with E-state index in [9.17, 15) is 10.1 Å². The average Bonchev–Trinajstić information content (AvgIpc) is 3.09. The zero-order chi connectivity index (χ0) is 19.4. The van der Waals surface area contributed by atoms with Gasteiger partial charge in [-0.1, -0.05) is 33.6 Å². The van der Waals surface area contributed by atoms with E-state index in [0.717, 1.165) is 15.6 Å². The highest BCUT2D eigenvalue weighted by Gasteiger charge is 2.12. The van der Waals surface area contributed by atoms with Crippen molar-refractivity contribution in [3.8, 4) is 17.4 Å². The van der Waals surface area contributed by atoms with Crippen molar-refractivity contribution < 1.29 is 9.21 Å². The Labute approximate surface area is 170 Å². The third-order valence-electron chi connectivity index (χ3n) is 3.77. The molecule has 4 nitrogen and oxygen atoms in total. The highest BCUT2D eigenvalue weighted by atomic mass is 79.9. The van der Waals surface area contributed by atoms with Crippen LogP contribution in [0.2, 0.25) is 5.02 Å². The number of hydrogen-bond acceptors (Lipinski definition) is 3. The van der Waals surface area contributed by atoms with Crippen molar-refractivity contribution in [3.05, 3.63) is 81.0 Å². The van der Waals surface area contributed by atoms with Crippen molar-refractivity contribution in [1.82, 2.24) is 0 Å². The van der Waals surface area contributed by atoms with E-state index in [0.29, 0.717) is 22.2 Å². The molecule has 2 aromatic carbocycles. The summed E-state index contributed by atoms with van der Waals surface area (Å²) in [5.74, 6) is 0.540. The quantitative estimate of drug-likeness (QED) is 0.386. The number of halogens is 2. The maximum atomic E-state index is 12.3. The first-order chi connectivity index (χ1) is 13.0. The minimum absolute atomic E-state index is 0.0613. The van der Waals surface area contributed by atoms with Crippen LogP contribution in [0.4, 0.5) is 5.69 Å². The van der Waals surface area contributed by atoms with E-state index in [4.69, 9.17) is 16.0 Å². The fraction of sp³-hybridized carbons (Fsp3) is 0.0476. The van der Waals surface area contributed by atoms with E-state index in [2.05, 4.69) is 21.2 Å². The van der Waals surface area contributed by atoms with E-state index in [1.54, 1.807) is 36.4 Å². The monoisotopic (exact) mass is 440 g/mol. The molecule has 1 amide bonds. The van der Waals surface area contributed by atoms with Gasteiger partial charge in [-0.2, -0.15) is 5.26 Å². The molecule has 0 aliphatic heterocycles. The van der Waals surface area contributed by atoms with Crippen LogP contribution in [0, 0.1) is 18.3 Å². The third kappa shape index (κ3) is 4.68. The summed E-state index contributed by atoms with van der Waals surface area (Å²) in [6.45, 7) is 2.00. The highest BCUT2D eigenvalue weighted by Crippen LogP contribution is 2.31. The summed E-state index contributed by atoms with van der Waals surface area (Å²) in [5.41, 5.74) is 2.51. The second-order valence-corrected chi connectivity index (χ2v) is 7.11. The molecule has 0 bridgehead atoms. The van der Waals surface area contributed by atoms with Gasteiger partial charge in [-0.05, 0) is 61.0 Å². The molecule has 0 unspecified atom stereocenters. The zero-order valence-electron chi connectivity index (χ0n) is 14.3. The summed E-state index contributed by atoms with van der Waals surface area (Å²) in [7, 11) is 0. The molecule has 27 heavy (non-hydrogen) atoms. The number of nitriles is 1. The van der Waals surface area contributed by atoms with Gasteiger partial charge in [0.1, 0.15) is 23.2 Å². The molecule has 6 heteroatoms. The summed E-state index contributed by atoms with van der Waals surface area (Å²) in [5, 5.41) is 12.5. The first-order valence-corrected chi connectivity index (χ1v) is 9.18. The molecule has 1 heterocycles. The molecule has 0 saturated heterocycles. The van der Waals surface area contributed by atoms with Crippen molar-refractivity contribution in [2.75, 3.05) is 5.32 Å². The Kier molecular flexibility index (Phi) is 5.80. The Morgan fingerprint density at radius 2 is 1.93 bits per heavy atom. The lowest BCUT2D eigenvalue weighted by atomic mass is 10.1. The molecule has 0 radical (unpaired) electrons. The molecule has 0 fully saturated rings. The van der Waals surface area contributed by atoms with Gasteiger partial charge in [-0.15, -0.1) is 0 Å². The molecule has 0 aliphatic rings. The minimum Gasteiger partial charge on any atom is -0.457 e. The number of furan rings is 1. The van der Waals surface area contributed by atoms with Gasteiger partial charge >= 0.3 is 0 Å². The van der Waals surface area contributed by atoms with Crippen LogP contribution >= 0.6 is 27.5 Å². The van der Waals surface area contributed by atoms with Gasteiger partial charge in [0.15, 0.2) is 0 Å². The highest BCUT2D eigenvalue weighted by molar-refractivity contribution is 9.10. The largest absolute Gasteiger partial charge is 0.457 e. The number of amides is 1. The van der Waals surface area contributed by atoms with E-state index in [-0.39, 0.29) is 5.57 Å². The molecule has 1 aromatic heterocycles. The normalized spacial score (nSPS) is 11.1. The minimum atomic E-state index is -0.519. The van der Waals surface area contributed by atoms with E-state index in [1.165, 1.54) is 6.08 Å². The lowest BCUT2D eigenvalue weighted by molar-refractivity contribution is -0.112. The lowest BCUT2D eigenvalue weighted by Crippen LogP contribution is -2.13. The second kappa shape index (κ2) is 8.26. The summed E-state index contributed by atoms with van der Waals surface area (Å²) in [4.78, 5) is 12.3. The Balaban J connectivity index is 1.82. The summed E-state index contributed by atoms with van der Waals surface area (Å²) < 4.78 is 6.69. The van der Waals surface area contributed by atoms with Crippen LogP contribution in [0.5, 0.6) is 0 Å². The second-order valence-electron chi connectivity index (χ2n) is 5.82. The van der Waals surface area contributed by atoms with Crippen LogP contribution in [0.3, 0.4) is 0 Å². The SMILES string of the molecule is Cc1ccc(-c2ccc(/C=C(/C#N)C(=O)Nc3ccc(Cl)cc3)o2)c(Br)c1. The summed E-state index contributed by atoms with van der Waals surface area (Å²) in [6, 6.07) is 18.0. The first-order valence-electron chi connectivity index (χ1n) is 8.01. The molecule has 0 atom stereocenters. The Hall–Kier alpha value is -2.81.